The Morgan fingerprint density at radius 1 is 1.22 bits per heavy atom. The van der Waals surface area contributed by atoms with E-state index in [4.69, 9.17) is 4.74 Å². The van der Waals surface area contributed by atoms with Gasteiger partial charge in [-0.2, -0.15) is 0 Å². The van der Waals surface area contributed by atoms with Gasteiger partial charge in [-0.25, -0.2) is 0 Å². The van der Waals surface area contributed by atoms with Crippen LogP contribution in [-0.2, 0) is 4.74 Å². The van der Waals surface area contributed by atoms with Crippen molar-refractivity contribution in [1.82, 2.24) is 10.2 Å². The van der Waals surface area contributed by atoms with E-state index >= 15 is 0 Å². The van der Waals surface area contributed by atoms with Gasteiger partial charge in [-0.1, -0.05) is 20.8 Å². The van der Waals surface area contributed by atoms with Crippen molar-refractivity contribution in [3.05, 3.63) is 0 Å². The van der Waals surface area contributed by atoms with Crippen molar-refractivity contribution in [2.45, 2.75) is 64.6 Å². The predicted octanol–water partition coefficient (Wildman–Crippen LogP) is 2.51. The Labute approximate surface area is 113 Å². The van der Waals surface area contributed by atoms with Crippen molar-refractivity contribution in [2.24, 2.45) is 5.92 Å². The van der Waals surface area contributed by atoms with Gasteiger partial charge in [-0.3, -0.25) is 4.90 Å². The van der Waals surface area contributed by atoms with Gasteiger partial charge in [0.25, 0.3) is 0 Å². The third kappa shape index (κ3) is 5.25. The molecule has 0 aliphatic heterocycles. The lowest BCUT2D eigenvalue weighted by Crippen LogP contribution is -2.49. The molecule has 1 aliphatic carbocycles. The summed E-state index contributed by atoms with van der Waals surface area (Å²) in [5, 5.41) is 3.54. The van der Waals surface area contributed by atoms with Gasteiger partial charge < -0.3 is 10.1 Å². The molecule has 1 aliphatic rings. The summed E-state index contributed by atoms with van der Waals surface area (Å²) in [5.74, 6) is 0.921. The summed E-state index contributed by atoms with van der Waals surface area (Å²) in [4.78, 5) is 2.55. The first-order valence-corrected chi connectivity index (χ1v) is 7.48. The van der Waals surface area contributed by atoms with E-state index in [0.717, 1.165) is 25.1 Å². The summed E-state index contributed by atoms with van der Waals surface area (Å²) in [6.45, 7) is 8.62. The molecule has 1 rings (SSSR count). The highest BCUT2D eigenvalue weighted by Gasteiger charge is 2.26. The minimum Gasteiger partial charge on any atom is -0.383 e. The maximum absolute atomic E-state index is 5.39. The number of rotatable bonds is 7. The molecule has 0 spiro atoms. The van der Waals surface area contributed by atoms with Crippen molar-refractivity contribution in [3.63, 3.8) is 0 Å². The molecule has 18 heavy (non-hydrogen) atoms. The molecular weight excluding hydrogens is 224 g/mol. The largest absolute Gasteiger partial charge is 0.383 e. The highest BCUT2D eigenvalue weighted by molar-refractivity contribution is 4.82. The summed E-state index contributed by atoms with van der Waals surface area (Å²) in [6, 6.07) is 1.79. The molecule has 3 nitrogen and oxygen atoms in total. The minimum absolute atomic E-state index is 0.496. The van der Waals surface area contributed by atoms with E-state index in [9.17, 15) is 0 Å². The molecule has 1 atom stereocenters. The number of ether oxygens (including phenoxy) is 1. The molecule has 0 heterocycles. The second-order valence-corrected chi connectivity index (χ2v) is 6.25. The lowest BCUT2D eigenvalue weighted by atomic mass is 9.86. The van der Waals surface area contributed by atoms with Crippen molar-refractivity contribution in [2.75, 3.05) is 27.3 Å². The molecule has 0 aromatic rings. The van der Waals surface area contributed by atoms with Crippen molar-refractivity contribution >= 4 is 0 Å². The Kier molecular flexibility index (Phi) is 7.20. The molecule has 3 heteroatoms. The summed E-state index contributed by atoms with van der Waals surface area (Å²) in [6.07, 6.45) is 5.46. The molecule has 0 bridgehead atoms. The first kappa shape index (κ1) is 15.9. The highest BCUT2D eigenvalue weighted by Crippen LogP contribution is 2.27. The first-order chi connectivity index (χ1) is 8.54. The molecule has 1 N–H and O–H groups in total. The van der Waals surface area contributed by atoms with Crippen LogP contribution in [0.2, 0.25) is 0 Å². The normalized spacial score (nSPS) is 26.8. The Morgan fingerprint density at radius 3 is 2.33 bits per heavy atom. The molecule has 1 unspecified atom stereocenters. The fourth-order valence-corrected chi connectivity index (χ4v) is 2.83. The zero-order valence-electron chi connectivity index (χ0n) is 12.9. The minimum atomic E-state index is 0.496. The van der Waals surface area contributed by atoms with Gasteiger partial charge in [0.1, 0.15) is 0 Å². The van der Waals surface area contributed by atoms with Crippen LogP contribution in [0.25, 0.3) is 0 Å². The molecule has 0 aromatic carbocycles. The second kappa shape index (κ2) is 8.13. The van der Waals surface area contributed by atoms with Gasteiger partial charge in [-0.05, 0) is 38.6 Å². The summed E-state index contributed by atoms with van der Waals surface area (Å²) in [7, 11) is 4.07. The second-order valence-electron chi connectivity index (χ2n) is 6.25. The SMILES string of the molecule is COCC(CNC(C)C)N(C)C1CCC(C)CC1. The van der Waals surface area contributed by atoms with E-state index in [1.165, 1.54) is 25.7 Å². The van der Waals surface area contributed by atoms with Crippen LogP contribution in [-0.4, -0.2) is 50.3 Å². The number of hydrogen-bond donors (Lipinski definition) is 1. The van der Waals surface area contributed by atoms with Crippen LogP contribution in [0.4, 0.5) is 0 Å². The smallest absolute Gasteiger partial charge is 0.0630 e. The molecular formula is C15H32N2O. The topological polar surface area (TPSA) is 24.5 Å². The van der Waals surface area contributed by atoms with Gasteiger partial charge in [0.05, 0.1) is 6.61 Å². The van der Waals surface area contributed by atoms with Gasteiger partial charge in [0.2, 0.25) is 0 Å². The van der Waals surface area contributed by atoms with Crippen LogP contribution in [0, 0.1) is 5.92 Å². The number of nitrogens with one attached hydrogen (secondary N) is 1. The quantitative estimate of drug-likeness (QED) is 0.757. The van der Waals surface area contributed by atoms with Crippen LogP contribution in [0.3, 0.4) is 0 Å². The fraction of sp³-hybridized carbons (Fsp3) is 1.00. The summed E-state index contributed by atoms with van der Waals surface area (Å²) < 4.78 is 5.39. The average Bonchev–Trinajstić information content (AvgIpc) is 2.34. The molecule has 1 saturated carbocycles. The lowest BCUT2D eigenvalue weighted by molar-refractivity contribution is 0.0602. The van der Waals surface area contributed by atoms with E-state index in [2.05, 4.69) is 38.0 Å². The molecule has 1 fully saturated rings. The molecule has 0 aromatic heterocycles. The van der Waals surface area contributed by atoms with Crippen LogP contribution >= 0.6 is 0 Å². The number of nitrogens with zero attached hydrogens (tertiary/aromatic N) is 1. The number of likely N-dealkylation sites (N-methyl/N-ethyl adjacent to an activating group) is 1. The summed E-state index contributed by atoms with van der Waals surface area (Å²) in [5.41, 5.74) is 0. The Hall–Kier alpha value is -0.120. The number of hydrogen-bond acceptors (Lipinski definition) is 3. The zero-order chi connectivity index (χ0) is 13.5. The monoisotopic (exact) mass is 256 g/mol. The van der Waals surface area contributed by atoms with Gasteiger partial charge in [0, 0.05) is 31.8 Å². The van der Waals surface area contributed by atoms with Gasteiger partial charge in [0.15, 0.2) is 0 Å². The van der Waals surface area contributed by atoms with Crippen LogP contribution in [0.15, 0.2) is 0 Å². The fourth-order valence-electron chi connectivity index (χ4n) is 2.83. The van der Waals surface area contributed by atoms with E-state index in [-0.39, 0.29) is 0 Å². The lowest BCUT2D eigenvalue weighted by Gasteiger charge is -2.38. The molecule has 0 amide bonds. The zero-order valence-corrected chi connectivity index (χ0v) is 12.9. The maximum Gasteiger partial charge on any atom is 0.0630 e. The Morgan fingerprint density at radius 2 is 1.83 bits per heavy atom. The number of methoxy groups -OCH3 is 1. The average molecular weight is 256 g/mol. The van der Waals surface area contributed by atoms with Crippen molar-refractivity contribution < 1.29 is 4.74 Å². The van der Waals surface area contributed by atoms with E-state index < -0.39 is 0 Å². The highest BCUT2D eigenvalue weighted by atomic mass is 16.5. The molecule has 108 valence electrons. The maximum atomic E-state index is 5.39. The first-order valence-electron chi connectivity index (χ1n) is 7.48. The third-order valence-electron chi connectivity index (χ3n) is 4.26. The van der Waals surface area contributed by atoms with E-state index in [1.54, 1.807) is 7.11 Å². The van der Waals surface area contributed by atoms with Gasteiger partial charge >= 0.3 is 0 Å². The van der Waals surface area contributed by atoms with Crippen LogP contribution < -0.4 is 5.32 Å². The van der Waals surface area contributed by atoms with Crippen molar-refractivity contribution in [3.8, 4) is 0 Å². The van der Waals surface area contributed by atoms with E-state index in [0.29, 0.717) is 12.1 Å². The standard InChI is InChI=1S/C15H32N2O/c1-12(2)16-10-15(11-18-5)17(4)14-8-6-13(3)7-9-14/h12-16H,6-11H2,1-5H3. The Bertz CT molecular complexity index is 213. The predicted molar refractivity (Wildman–Crippen MR) is 78.0 cm³/mol. The van der Waals surface area contributed by atoms with Gasteiger partial charge in [-0.15, -0.1) is 0 Å². The van der Waals surface area contributed by atoms with Crippen molar-refractivity contribution in [1.29, 1.82) is 0 Å². The Balaban J connectivity index is 2.44. The molecule has 0 saturated heterocycles. The summed E-state index contributed by atoms with van der Waals surface area (Å²) >= 11 is 0. The van der Waals surface area contributed by atoms with E-state index in [1.807, 2.05) is 0 Å². The third-order valence-corrected chi connectivity index (χ3v) is 4.26. The molecule has 0 radical (unpaired) electrons. The van der Waals surface area contributed by atoms with Crippen LogP contribution in [0.1, 0.15) is 46.5 Å². The van der Waals surface area contributed by atoms with Crippen LogP contribution in [0.5, 0.6) is 0 Å².